The van der Waals surface area contributed by atoms with Crippen molar-refractivity contribution in [2.24, 2.45) is 0 Å². The number of benzene rings is 2. The normalized spacial score (nSPS) is 10.7. The minimum absolute atomic E-state index is 0.323. The van der Waals surface area contributed by atoms with Crippen molar-refractivity contribution in [2.45, 2.75) is 13.5 Å². The van der Waals surface area contributed by atoms with Crippen molar-refractivity contribution in [1.82, 2.24) is 9.78 Å². The molecule has 0 aliphatic heterocycles. The first kappa shape index (κ1) is 19.9. The number of aryl methyl sites for hydroxylation is 1. The SMILES string of the molecule is Cc1cc(NC(=S)Nc2cc(Cl)ccc2Cl)nn1Cc1ccc(F)cc1Cl. The van der Waals surface area contributed by atoms with E-state index in [1.807, 2.05) is 13.0 Å². The summed E-state index contributed by atoms with van der Waals surface area (Å²) in [7, 11) is 0. The molecule has 27 heavy (non-hydrogen) atoms. The lowest BCUT2D eigenvalue weighted by Gasteiger charge is -2.10. The molecule has 0 radical (unpaired) electrons. The minimum atomic E-state index is -0.376. The molecule has 2 aromatic carbocycles. The fourth-order valence-electron chi connectivity index (χ4n) is 2.41. The third-order valence-corrected chi connectivity index (χ3v) is 4.86. The first-order valence-electron chi connectivity index (χ1n) is 7.83. The molecule has 0 saturated heterocycles. The zero-order valence-corrected chi connectivity index (χ0v) is 17.1. The average molecular weight is 444 g/mol. The zero-order valence-electron chi connectivity index (χ0n) is 14.1. The van der Waals surface area contributed by atoms with E-state index in [1.165, 1.54) is 12.1 Å². The van der Waals surface area contributed by atoms with Gasteiger partial charge in [-0.25, -0.2) is 4.39 Å². The molecule has 0 spiro atoms. The maximum atomic E-state index is 13.2. The van der Waals surface area contributed by atoms with Crippen LogP contribution in [0.2, 0.25) is 15.1 Å². The topological polar surface area (TPSA) is 41.9 Å². The molecule has 3 rings (SSSR count). The van der Waals surface area contributed by atoms with E-state index in [4.69, 9.17) is 47.0 Å². The molecular formula is C18H14Cl3FN4S. The monoisotopic (exact) mass is 442 g/mol. The fourth-order valence-corrected chi connectivity index (χ4v) is 3.18. The molecule has 3 aromatic rings. The van der Waals surface area contributed by atoms with Gasteiger partial charge in [-0.1, -0.05) is 40.9 Å². The molecule has 0 atom stereocenters. The van der Waals surface area contributed by atoms with Gasteiger partial charge in [0.2, 0.25) is 0 Å². The maximum Gasteiger partial charge on any atom is 0.176 e. The van der Waals surface area contributed by atoms with Gasteiger partial charge in [-0.2, -0.15) is 5.10 Å². The Morgan fingerprint density at radius 1 is 1.07 bits per heavy atom. The number of anilines is 2. The van der Waals surface area contributed by atoms with E-state index < -0.39 is 0 Å². The maximum absolute atomic E-state index is 13.2. The molecule has 1 aromatic heterocycles. The summed E-state index contributed by atoms with van der Waals surface area (Å²) in [6.45, 7) is 2.31. The van der Waals surface area contributed by atoms with Crippen LogP contribution in [0.25, 0.3) is 0 Å². The van der Waals surface area contributed by atoms with Crippen LogP contribution in [0.1, 0.15) is 11.3 Å². The second-order valence-electron chi connectivity index (χ2n) is 5.77. The third kappa shape index (κ3) is 5.11. The average Bonchev–Trinajstić information content (AvgIpc) is 2.92. The lowest BCUT2D eigenvalue weighted by molar-refractivity contribution is 0.623. The largest absolute Gasteiger partial charge is 0.331 e. The molecular weight excluding hydrogens is 430 g/mol. The van der Waals surface area contributed by atoms with Crippen molar-refractivity contribution < 1.29 is 4.39 Å². The molecule has 0 unspecified atom stereocenters. The van der Waals surface area contributed by atoms with Gasteiger partial charge in [0.05, 0.1) is 17.3 Å². The van der Waals surface area contributed by atoms with Crippen LogP contribution in [0.5, 0.6) is 0 Å². The molecule has 9 heteroatoms. The highest BCUT2D eigenvalue weighted by molar-refractivity contribution is 7.80. The van der Waals surface area contributed by atoms with Crippen molar-refractivity contribution in [1.29, 1.82) is 0 Å². The van der Waals surface area contributed by atoms with E-state index in [9.17, 15) is 4.39 Å². The van der Waals surface area contributed by atoms with Gasteiger partial charge in [0.25, 0.3) is 0 Å². The number of rotatable bonds is 4. The van der Waals surface area contributed by atoms with Crippen LogP contribution in [0, 0.1) is 12.7 Å². The van der Waals surface area contributed by atoms with E-state index in [1.54, 1.807) is 28.9 Å². The first-order chi connectivity index (χ1) is 12.8. The second kappa shape index (κ2) is 8.44. The predicted octanol–water partition coefficient (Wildman–Crippen LogP) is 6.15. The van der Waals surface area contributed by atoms with Gasteiger partial charge in [0.15, 0.2) is 10.9 Å². The Kier molecular flexibility index (Phi) is 6.22. The van der Waals surface area contributed by atoms with Crippen LogP contribution in [-0.4, -0.2) is 14.9 Å². The molecule has 0 aliphatic rings. The van der Waals surface area contributed by atoms with Gasteiger partial charge in [0, 0.05) is 21.8 Å². The summed E-state index contributed by atoms with van der Waals surface area (Å²) in [5.41, 5.74) is 2.25. The van der Waals surface area contributed by atoms with Crippen molar-refractivity contribution in [2.75, 3.05) is 10.6 Å². The number of halogens is 4. The quantitative estimate of drug-likeness (QED) is 0.475. The van der Waals surface area contributed by atoms with E-state index in [-0.39, 0.29) is 5.82 Å². The van der Waals surface area contributed by atoms with Crippen LogP contribution < -0.4 is 10.6 Å². The molecule has 0 fully saturated rings. The minimum Gasteiger partial charge on any atom is -0.331 e. The van der Waals surface area contributed by atoms with Crippen molar-refractivity contribution >= 4 is 63.6 Å². The Labute approximate surface area is 176 Å². The summed E-state index contributed by atoms with van der Waals surface area (Å²) in [5, 5.41) is 12.2. The highest BCUT2D eigenvalue weighted by atomic mass is 35.5. The van der Waals surface area contributed by atoms with E-state index in [2.05, 4.69) is 15.7 Å². The van der Waals surface area contributed by atoms with Crippen molar-refractivity contribution in [3.8, 4) is 0 Å². The lowest BCUT2D eigenvalue weighted by Crippen LogP contribution is -2.19. The van der Waals surface area contributed by atoms with Gasteiger partial charge in [-0.05, 0) is 55.0 Å². The number of aromatic nitrogens is 2. The number of nitrogens with one attached hydrogen (secondary N) is 2. The van der Waals surface area contributed by atoms with Gasteiger partial charge < -0.3 is 10.6 Å². The predicted molar refractivity (Wildman–Crippen MR) is 114 cm³/mol. The standard InChI is InChI=1S/C18H14Cl3FN4S/c1-10-6-17(24-18(27)23-16-7-12(19)3-5-14(16)20)25-26(10)9-11-2-4-13(22)8-15(11)21/h2-8H,9H2,1H3,(H2,23,24,25,27). The van der Waals surface area contributed by atoms with Gasteiger partial charge in [-0.3, -0.25) is 4.68 Å². The van der Waals surface area contributed by atoms with Crippen LogP contribution in [0.3, 0.4) is 0 Å². The van der Waals surface area contributed by atoms with Crippen LogP contribution in [-0.2, 0) is 6.54 Å². The summed E-state index contributed by atoms with van der Waals surface area (Å²) >= 11 is 23.5. The van der Waals surface area contributed by atoms with Crippen LogP contribution in [0.4, 0.5) is 15.9 Å². The second-order valence-corrected chi connectivity index (χ2v) is 7.43. The Morgan fingerprint density at radius 3 is 2.59 bits per heavy atom. The van der Waals surface area contributed by atoms with Crippen LogP contribution in [0.15, 0.2) is 42.5 Å². The molecule has 0 amide bonds. The summed E-state index contributed by atoms with van der Waals surface area (Å²) < 4.78 is 14.9. The Balaban J connectivity index is 1.70. The number of thiocarbonyl (C=S) groups is 1. The molecule has 1 heterocycles. The van der Waals surface area contributed by atoms with Crippen molar-refractivity contribution in [3.05, 3.63) is 74.6 Å². The first-order valence-corrected chi connectivity index (χ1v) is 9.37. The summed E-state index contributed by atoms with van der Waals surface area (Å²) in [6.07, 6.45) is 0. The van der Waals surface area contributed by atoms with E-state index in [0.717, 1.165) is 11.3 Å². The Morgan fingerprint density at radius 2 is 1.85 bits per heavy atom. The number of nitrogens with zero attached hydrogens (tertiary/aromatic N) is 2. The van der Waals surface area contributed by atoms with E-state index >= 15 is 0 Å². The molecule has 0 bridgehead atoms. The van der Waals surface area contributed by atoms with Gasteiger partial charge >= 0.3 is 0 Å². The highest BCUT2D eigenvalue weighted by Crippen LogP contribution is 2.25. The molecule has 0 saturated carbocycles. The lowest BCUT2D eigenvalue weighted by atomic mass is 10.2. The number of hydrogen-bond acceptors (Lipinski definition) is 2. The van der Waals surface area contributed by atoms with E-state index in [0.29, 0.717) is 38.2 Å². The summed E-state index contributed by atoms with van der Waals surface area (Å²) in [4.78, 5) is 0. The Hall–Kier alpha value is -1.86. The molecule has 2 N–H and O–H groups in total. The smallest absolute Gasteiger partial charge is 0.176 e. The Bertz CT molecular complexity index is 1010. The van der Waals surface area contributed by atoms with Gasteiger partial charge in [-0.15, -0.1) is 0 Å². The summed E-state index contributed by atoms with van der Waals surface area (Å²) in [6, 6.07) is 11.2. The van der Waals surface area contributed by atoms with Gasteiger partial charge in [0.1, 0.15) is 5.82 Å². The molecule has 140 valence electrons. The highest BCUT2D eigenvalue weighted by Gasteiger charge is 2.10. The summed E-state index contributed by atoms with van der Waals surface area (Å²) in [5.74, 6) is 0.181. The molecule has 0 aliphatic carbocycles. The molecule has 4 nitrogen and oxygen atoms in total. The fraction of sp³-hybridized carbons (Fsp3) is 0.111. The van der Waals surface area contributed by atoms with Crippen LogP contribution >= 0.6 is 47.0 Å². The number of hydrogen-bond donors (Lipinski definition) is 2. The van der Waals surface area contributed by atoms with Crippen molar-refractivity contribution in [3.63, 3.8) is 0 Å². The zero-order chi connectivity index (χ0) is 19.6. The third-order valence-electron chi connectivity index (χ3n) is 3.73.